The summed E-state index contributed by atoms with van der Waals surface area (Å²) in [5.74, 6) is -1.22. The number of ether oxygens (including phenoxy) is 2. The van der Waals surface area contributed by atoms with E-state index in [-0.39, 0.29) is 23.0 Å². The van der Waals surface area contributed by atoms with Gasteiger partial charge in [-0.2, -0.15) is 5.10 Å². The molecule has 2 aliphatic rings. The number of thioether (sulfide) groups is 2. The van der Waals surface area contributed by atoms with Crippen molar-refractivity contribution < 1.29 is 24.0 Å². The fourth-order valence-electron chi connectivity index (χ4n) is 3.61. The highest BCUT2D eigenvalue weighted by Gasteiger charge is 2.59. The van der Waals surface area contributed by atoms with Gasteiger partial charge in [0.15, 0.2) is 0 Å². The van der Waals surface area contributed by atoms with Crippen LogP contribution in [-0.2, 0) is 19.1 Å². The molecule has 2 aromatic rings. The molecule has 0 aromatic heterocycles. The maximum absolute atomic E-state index is 12.9. The highest BCUT2D eigenvalue weighted by molar-refractivity contribution is 8.29. The van der Waals surface area contributed by atoms with Gasteiger partial charge in [-0.1, -0.05) is 42.1 Å². The Kier molecular flexibility index (Phi) is 6.53. The van der Waals surface area contributed by atoms with E-state index >= 15 is 0 Å². The molecule has 176 valence electrons. The number of anilines is 2. The molecule has 2 heterocycles. The van der Waals surface area contributed by atoms with Gasteiger partial charge >= 0.3 is 11.9 Å². The van der Waals surface area contributed by atoms with E-state index in [4.69, 9.17) is 9.47 Å². The van der Waals surface area contributed by atoms with E-state index in [9.17, 15) is 19.7 Å². The minimum Gasteiger partial charge on any atom is -0.464 e. The van der Waals surface area contributed by atoms with Crippen molar-refractivity contribution in [1.82, 2.24) is 0 Å². The number of allylic oxidation sites excluding steroid dienone is 1. The molecule has 12 heteroatoms. The van der Waals surface area contributed by atoms with Gasteiger partial charge in [-0.15, -0.1) is 0 Å². The molecule has 10 nitrogen and oxygen atoms in total. The average molecular weight is 501 g/mol. The Morgan fingerprint density at radius 1 is 1.09 bits per heavy atom. The molecule has 0 bridgehead atoms. The summed E-state index contributed by atoms with van der Waals surface area (Å²) in [6.45, 7) is 3.65. The summed E-state index contributed by atoms with van der Waals surface area (Å²) < 4.78 is 8.87. The Morgan fingerprint density at radius 2 is 1.76 bits per heavy atom. The van der Waals surface area contributed by atoms with Crippen LogP contribution in [0.15, 0.2) is 70.3 Å². The van der Waals surface area contributed by atoms with Crippen LogP contribution in [0.4, 0.5) is 17.1 Å². The van der Waals surface area contributed by atoms with Gasteiger partial charge < -0.3 is 14.4 Å². The highest BCUT2D eigenvalue weighted by Crippen LogP contribution is 2.61. The number of hydrazone groups is 1. The van der Waals surface area contributed by atoms with Crippen LogP contribution >= 0.6 is 23.5 Å². The van der Waals surface area contributed by atoms with Gasteiger partial charge in [-0.05, 0) is 43.8 Å². The molecule has 34 heavy (non-hydrogen) atoms. The van der Waals surface area contributed by atoms with Crippen molar-refractivity contribution in [1.29, 1.82) is 0 Å². The van der Waals surface area contributed by atoms with E-state index in [0.29, 0.717) is 16.3 Å². The van der Waals surface area contributed by atoms with E-state index in [0.717, 1.165) is 23.5 Å². The van der Waals surface area contributed by atoms with Crippen molar-refractivity contribution in [3.63, 3.8) is 0 Å². The number of nitro groups is 1. The van der Waals surface area contributed by atoms with E-state index in [2.05, 4.69) is 5.10 Å². The number of nitrogens with zero attached hydrogens (tertiary/aromatic N) is 4. The average Bonchev–Trinajstić information content (AvgIpc) is 3.36. The molecule has 1 spiro atoms. The van der Waals surface area contributed by atoms with Crippen LogP contribution in [-0.4, -0.2) is 39.9 Å². The maximum atomic E-state index is 12.9. The zero-order valence-electron chi connectivity index (χ0n) is 18.5. The second-order valence-corrected chi connectivity index (χ2v) is 9.61. The van der Waals surface area contributed by atoms with Gasteiger partial charge in [0.25, 0.3) is 5.69 Å². The smallest absolute Gasteiger partial charge is 0.365 e. The van der Waals surface area contributed by atoms with Crippen molar-refractivity contribution in [3.05, 3.63) is 75.3 Å². The zero-order valence-corrected chi connectivity index (χ0v) is 20.1. The van der Waals surface area contributed by atoms with E-state index < -0.39 is 21.2 Å². The molecule has 2 aliphatic heterocycles. The monoisotopic (exact) mass is 500 g/mol. The number of hydrogen-bond donors (Lipinski definition) is 0. The van der Waals surface area contributed by atoms with Crippen molar-refractivity contribution >= 4 is 57.6 Å². The van der Waals surface area contributed by atoms with Crippen LogP contribution in [0.5, 0.6) is 0 Å². The second kappa shape index (κ2) is 9.39. The summed E-state index contributed by atoms with van der Waals surface area (Å²) in [4.78, 5) is 38.9. The fraction of sp³-hybridized carbons (Fsp3) is 0.227. The van der Waals surface area contributed by atoms with Crippen LogP contribution in [0.25, 0.3) is 0 Å². The first-order valence-corrected chi connectivity index (χ1v) is 11.8. The predicted octanol–water partition coefficient (Wildman–Crippen LogP) is 4.29. The largest absolute Gasteiger partial charge is 0.464 e. The summed E-state index contributed by atoms with van der Waals surface area (Å²) in [6, 6.07) is 15.3. The Bertz CT molecular complexity index is 1220. The Labute approximate surface area is 203 Å². The molecule has 0 fully saturated rings. The molecule has 0 amide bonds. The van der Waals surface area contributed by atoms with Crippen molar-refractivity contribution in [2.45, 2.75) is 18.2 Å². The molecular weight excluding hydrogens is 480 g/mol. The molecule has 0 saturated carbocycles. The molecule has 0 aliphatic carbocycles. The van der Waals surface area contributed by atoms with Gasteiger partial charge in [-0.25, -0.2) is 14.6 Å². The SMILES string of the molecule is CCOC(=O)C1=C(C)N(c2ccccc2)[C@@]2(SC(C(=O)OC)=NN2c2ccccc2[N+](=O)[O-])S1. The topological polar surface area (TPSA) is 115 Å². The Balaban J connectivity index is 1.95. The number of nitro benzene ring substituents is 1. The van der Waals surface area contributed by atoms with Gasteiger partial charge in [0.05, 0.1) is 18.6 Å². The standard InChI is InChI=1S/C22H20N4O6S2/c1-4-32-20(27)18-14(2)24(15-10-6-5-7-11-15)22(33-18)25(23-19(34-22)21(28)31-3)16-12-8-9-13-17(16)26(29)30/h5-13H,4H2,1-3H3/t22-/m0/s1. The third-order valence-corrected chi connectivity index (χ3v) is 7.86. The van der Waals surface area contributed by atoms with Crippen LogP contribution in [0.3, 0.4) is 0 Å². The van der Waals surface area contributed by atoms with Gasteiger partial charge in [0.1, 0.15) is 10.6 Å². The van der Waals surface area contributed by atoms with Crippen molar-refractivity contribution in [2.75, 3.05) is 23.6 Å². The lowest BCUT2D eigenvalue weighted by Gasteiger charge is -2.40. The minimum absolute atomic E-state index is 0.00742. The molecule has 0 saturated heterocycles. The minimum atomic E-state index is -1.30. The lowest BCUT2D eigenvalue weighted by Crippen LogP contribution is -2.49. The number of carbonyl (C=O) groups excluding carboxylic acids is 2. The molecule has 0 unspecified atom stereocenters. The maximum Gasteiger partial charge on any atom is 0.365 e. The summed E-state index contributed by atoms with van der Waals surface area (Å²) in [5, 5.41) is 17.7. The van der Waals surface area contributed by atoms with Crippen molar-refractivity contribution in [3.8, 4) is 0 Å². The van der Waals surface area contributed by atoms with Crippen LogP contribution < -0.4 is 9.91 Å². The molecular formula is C22H20N4O6S2. The fourth-order valence-corrected chi connectivity index (χ4v) is 6.57. The van der Waals surface area contributed by atoms with E-state index in [1.807, 2.05) is 35.2 Å². The number of benzene rings is 2. The quantitative estimate of drug-likeness (QED) is 0.323. The first-order chi connectivity index (χ1) is 16.3. The first-order valence-electron chi connectivity index (χ1n) is 10.2. The molecule has 4 rings (SSSR count). The molecule has 0 radical (unpaired) electrons. The van der Waals surface area contributed by atoms with Crippen LogP contribution in [0.2, 0.25) is 0 Å². The highest BCUT2D eigenvalue weighted by atomic mass is 32.2. The number of methoxy groups -OCH3 is 1. The van der Waals surface area contributed by atoms with E-state index in [1.54, 1.807) is 32.0 Å². The summed E-state index contributed by atoms with van der Waals surface area (Å²) in [6.07, 6.45) is 0. The number of para-hydroxylation sites is 3. The number of hydrogen-bond acceptors (Lipinski definition) is 11. The molecule has 0 N–H and O–H groups in total. The number of carbonyl (C=O) groups is 2. The molecule has 2 aromatic carbocycles. The summed E-state index contributed by atoms with van der Waals surface area (Å²) >= 11 is 2.15. The van der Waals surface area contributed by atoms with Gasteiger partial charge in [0.2, 0.25) is 9.37 Å². The van der Waals surface area contributed by atoms with E-state index in [1.165, 1.54) is 18.2 Å². The van der Waals surface area contributed by atoms with Crippen molar-refractivity contribution in [2.24, 2.45) is 5.10 Å². The molecule has 1 atom stereocenters. The predicted molar refractivity (Wildman–Crippen MR) is 131 cm³/mol. The normalized spacial score (nSPS) is 19.4. The van der Waals surface area contributed by atoms with Gasteiger partial charge in [-0.3, -0.25) is 10.1 Å². The van der Waals surface area contributed by atoms with Gasteiger partial charge in [0, 0.05) is 17.5 Å². The Hall–Kier alpha value is -3.51. The van der Waals surface area contributed by atoms with Crippen LogP contribution in [0.1, 0.15) is 13.8 Å². The lowest BCUT2D eigenvalue weighted by molar-refractivity contribution is -0.384. The van der Waals surface area contributed by atoms with Crippen LogP contribution in [0, 0.1) is 10.1 Å². The zero-order chi connectivity index (χ0) is 24.5. The second-order valence-electron chi connectivity index (χ2n) is 7.01. The third-order valence-electron chi connectivity index (χ3n) is 5.01. The summed E-state index contributed by atoms with van der Waals surface area (Å²) in [5.41, 5.74) is 1.22. The number of esters is 2. The summed E-state index contributed by atoms with van der Waals surface area (Å²) in [7, 11) is 1.23. The first kappa shape index (κ1) is 23.6. The number of rotatable bonds is 6. The Morgan fingerprint density at radius 3 is 2.41 bits per heavy atom. The lowest BCUT2D eigenvalue weighted by atomic mass is 10.2. The third kappa shape index (κ3) is 3.88.